The number of imide groups is 2. The molecule has 0 spiro atoms. The number of anilines is 2. The SMILES string of the molecule is COC(=O)c1ccc(N2C(=O)NC(=O)/C(=C/c3cc(Cl)c(OCC(=O)Nc4ccccc4C)c(OC)c3)C2=O)cc1. The van der Waals surface area contributed by atoms with Crippen molar-refractivity contribution in [2.24, 2.45) is 0 Å². The van der Waals surface area contributed by atoms with Gasteiger partial charge in [-0.25, -0.2) is 14.5 Å². The van der Waals surface area contributed by atoms with Crippen LogP contribution in [-0.2, 0) is 19.1 Å². The Morgan fingerprint density at radius 1 is 1.02 bits per heavy atom. The van der Waals surface area contributed by atoms with E-state index in [0.717, 1.165) is 10.5 Å². The maximum atomic E-state index is 13.2. The van der Waals surface area contributed by atoms with Crippen LogP contribution in [0.4, 0.5) is 16.2 Å². The number of nitrogens with one attached hydrogen (secondary N) is 2. The van der Waals surface area contributed by atoms with Crippen LogP contribution in [0.15, 0.2) is 66.2 Å². The van der Waals surface area contributed by atoms with E-state index in [-0.39, 0.29) is 45.5 Å². The standard InChI is InChI=1S/C29H24ClN3O8/c1-16-6-4-5-7-22(16)31-24(34)15-41-25-21(30)13-17(14-23(25)39-2)12-20-26(35)32-29(38)33(27(20)36)19-10-8-18(9-11-19)28(37)40-3/h4-14H,15H2,1-3H3,(H,31,34)(H,32,35,38)/b20-12-. The number of nitrogens with zero attached hydrogens (tertiary/aromatic N) is 1. The number of urea groups is 1. The van der Waals surface area contributed by atoms with Gasteiger partial charge in [-0.15, -0.1) is 0 Å². The Hall–Kier alpha value is -5.16. The summed E-state index contributed by atoms with van der Waals surface area (Å²) in [4.78, 5) is 63.2. The highest BCUT2D eigenvalue weighted by Gasteiger charge is 2.37. The van der Waals surface area contributed by atoms with Crippen molar-refractivity contribution in [3.8, 4) is 11.5 Å². The zero-order valence-electron chi connectivity index (χ0n) is 22.1. The number of benzene rings is 3. The summed E-state index contributed by atoms with van der Waals surface area (Å²) in [6.45, 7) is 1.49. The lowest BCUT2D eigenvalue weighted by molar-refractivity contribution is -0.122. The largest absolute Gasteiger partial charge is 0.493 e. The van der Waals surface area contributed by atoms with E-state index in [4.69, 9.17) is 21.1 Å². The number of carbonyl (C=O) groups is 5. The molecule has 0 radical (unpaired) electrons. The molecule has 0 saturated carbocycles. The molecule has 1 fully saturated rings. The van der Waals surface area contributed by atoms with E-state index in [2.05, 4.69) is 15.4 Å². The third-order valence-electron chi connectivity index (χ3n) is 5.98. The fraction of sp³-hybridized carbons (Fsp3) is 0.138. The summed E-state index contributed by atoms with van der Waals surface area (Å²) < 4.78 is 15.6. The summed E-state index contributed by atoms with van der Waals surface area (Å²) >= 11 is 6.42. The number of aryl methyl sites for hydroxylation is 1. The molecular formula is C29H24ClN3O8. The first-order valence-electron chi connectivity index (χ1n) is 12.1. The molecule has 1 aliphatic rings. The van der Waals surface area contributed by atoms with Crippen molar-refractivity contribution in [1.82, 2.24) is 5.32 Å². The van der Waals surface area contributed by atoms with E-state index in [9.17, 15) is 24.0 Å². The summed E-state index contributed by atoms with van der Waals surface area (Å²) in [7, 11) is 2.59. The Labute approximate surface area is 239 Å². The minimum atomic E-state index is -0.952. The van der Waals surface area contributed by atoms with Crippen molar-refractivity contribution in [3.63, 3.8) is 0 Å². The molecule has 5 amide bonds. The van der Waals surface area contributed by atoms with Gasteiger partial charge in [-0.05, 0) is 66.6 Å². The molecule has 2 N–H and O–H groups in total. The molecule has 3 aromatic carbocycles. The number of para-hydroxylation sites is 1. The summed E-state index contributed by atoms with van der Waals surface area (Å²) in [5.74, 6) is -2.59. The van der Waals surface area contributed by atoms with Gasteiger partial charge in [0.1, 0.15) is 5.57 Å². The average molecular weight is 578 g/mol. The number of halogens is 1. The predicted octanol–water partition coefficient (Wildman–Crippen LogP) is 4.13. The average Bonchev–Trinajstić information content (AvgIpc) is 2.95. The van der Waals surface area contributed by atoms with E-state index in [1.54, 1.807) is 12.1 Å². The molecule has 210 valence electrons. The Kier molecular flexibility index (Phi) is 8.69. The Bertz CT molecular complexity index is 1580. The topological polar surface area (TPSA) is 140 Å². The van der Waals surface area contributed by atoms with Crippen molar-refractivity contribution in [1.29, 1.82) is 0 Å². The van der Waals surface area contributed by atoms with Crippen LogP contribution in [0, 0.1) is 6.92 Å². The minimum absolute atomic E-state index is 0.0508. The monoisotopic (exact) mass is 577 g/mol. The fourth-order valence-electron chi connectivity index (χ4n) is 3.92. The second-order valence-corrected chi connectivity index (χ2v) is 9.09. The van der Waals surface area contributed by atoms with E-state index < -0.39 is 29.7 Å². The number of hydrogen-bond acceptors (Lipinski definition) is 8. The Morgan fingerprint density at radius 2 is 1.73 bits per heavy atom. The maximum Gasteiger partial charge on any atom is 0.337 e. The number of esters is 1. The van der Waals surface area contributed by atoms with Crippen LogP contribution in [0.5, 0.6) is 11.5 Å². The first-order valence-corrected chi connectivity index (χ1v) is 12.5. The molecule has 41 heavy (non-hydrogen) atoms. The number of amides is 5. The van der Waals surface area contributed by atoms with Crippen molar-refractivity contribution >= 4 is 58.8 Å². The lowest BCUT2D eigenvalue weighted by Crippen LogP contribution is -2.54. The number of rotatable bonds is 8. The third-order valence-corrected chi connectivity index (χ3v) is 6.26. The second kappa shape index (κ2) is 12.3. The van der Waals surface area contributed by atoms with Gasteiger partial charge >= 0.3 is 12.0 Å². The van der Waals surface area contributed by atoms with Gasteiger partial charge in [-0.3, -0.25) is 19.7 Å². The van der Waals surface area contributed by atoms with E-state index in [0.29, 0.717) is 5.69 Å². The highest BCUT2D eigenvalue weighted by Crippen LogP contribution is 2.37. The molecule has 3 aromatic rings. The highest BCUT2D eigenvalue weighted by atomic mass is 35.5. The van der Waals surface area contributed by atoms with Gasteiger partial charge in [0.05, 0.1) is 30.5 Å². The summed E-state index contributed by atoms with van der Waals surface area (Å²) in [6, 6.07) is 14.7. The van der Waals surface area contributed by atoms with Gasteiger partial charge in [0.15, 0.2) is 18.1 Å². The van der Waals surface area contributed by atoms with Crippen LogP contribution in [0.2, 0.25) is 5.02 Å². The lowest BCUT2D eigenvalue weighted by atomic mass is 10.1. The van der Waals surface area contributed by atoms with Crippen molar-refractivity contribution in [2.75, 3.05) is 31.0 Å². The summed E-state index contributed by atoms with van der Waals surface area (Å²) in [5, 5.41) is 4.92. The molecule has 0 atom stereocenters. The first-order chi connectivity index (χ1) is 19.6. The number of barbiturate groups is 1. The maximum absolute atomic E-state index is 13.2. The smallest absolute Gasteiger partial charge is 0.337 e. The van der Waals surface area contributed by atoms with Crippen LogP contribution in [-0.4, -0.2) is 50.5 Å². The molecular weight excluding hydrogens is 554 g/mol. The van der Waals surface area contributed by atoms with E-state index in [1.807, 2.05) is 19.1 Å². The van der Waals surface area contributed by atoms with Crippen LogP contribution < -0.4 is 25.0 Å². The summed E-state index contributed by atoms with van der Waals surface area (Å²) in [5.41, 5.74) is 1.80. The molecule has 1 saturated heterocycles. The Balaban J connectivity index is 1.56. The molecule has 0 bridgehead atoms. The quantitative estimate of drug-likeness (QED) is 0.231. The predicted molar refractivity (Wildman–Crippen MR) is 150 cm³/mol. The van der Waals surface area contributed by atoms with Gasteiger partial charge in [0.25, 0.3) is 17.7 Å². The normalized spacial score (nSPS) is 14.0. The van der Waals surface area contributed by atoms with E-state index >= 15 is 0 Å². The fourth-order valence-corrected chi connectivity index (χ4v) is 4.20. The highest BCUT2D eigenvalue weighted by molar-refractivity contribution is 6.39. The van der Waals surface area contributed by atoms with Crippen LogP contribution in [0.25, 0.3) is 6.08 Å². The van der Waals surface area contributed by atoms with Gasteiger partial charge in [0, 0.05) is 5.69 Å². The van der Waals surface area contributed by atoms with Gasteiger partial charge in [-0.1, -0.05) is 29.8 Å². The minimum Gasteiger partial charge on any atom is -0.493 e. The zero-order valence-corrected chi connectivity index (χ0v) is 22.9. The third kappa shape index (κ3) is 6.36. The molecule has 1 aliphatic heterocycles. The van der Waals surface area contributed by atoms with Crippen LogP contribution >= 0.6 is 11.6 Å². The molecule has 11 nitrogen and oxygen atoms in total. The molecule has 4 rings (SSSR count). The van der Waals surface area contributed by atoms with Crippen molar-refractivity contribution < 1.29 is 38.2 Å². The molecule has 0 aliphatic carbocycles. The number of carbonyl (C=O) groups excluding carboxylic acids is 5. The number of hydrogen-bond donors (Lipinski definition) is 2. The van der Waals surface area contributed by atoms with Gasteiger partial charge in [0.2, 0.25) is 0 Å². The zero-order chi connectivity index (χ0) is 29.7. The first kappa shape index (κ1) is 28.8. The van der Waals surface area contributed by atoms with Crippen molar-refractivity contribution in [3.05, 3.63) is 87.9 Å². The van der Waals surface area contributed by atoms with Crippen molar-refractivity contribution in [2.45, 2.75) is 6.92 Å². The van der Waals surface area contributed by atoms with Gasteiger partial charge < -0.3 is 19.5 Å². The molecule has 12 heteroatoms. The molecule has 1 heterocycles. The molecule has 0 unspecified atom stereocenters. The van der Waals surface area contributed by atoms with Crippen LogP contribution in [0.3, 0.4) is 0 Å². The molecule has 0 aromatic heterocycles. The summed E-state index contributed by atoms with van der Waals surface area (Å²) in [6.07, 6.45) is 1.24. The lowest BCUT2D eigenvalue weighted by Gasteiger charge is -2.26. The Morgan fingerprint density at radius 3 is 2.39 bits per heavy atom. The number of methoxy groups -OCH3 is 2. The van der Waals surface area contributed by atoms with E-state index in [1.165, 1.54) is 56.7 Å². The second-order valence-electron chi connectivity index (χ2n) is 8.68. The van der Waals surface area contributed by atoms with Crippen LogP contribution in [0.1, 0.15) is 21.5 Å². The van der Waals surface area contributed by atoms with Gasteiger partial charge in [-0.2, -0.15) is 0 Å². The number of ether oxygens (including phenoxy) is 3.